The Morgan fingerprint density at radius 1 is 1.21 bits per heavy atom. The van der Waals surface area contributed by atoms with Gasteiger partial charge in [0.2, 0.25) is 0 Å². The first kappa shape index (κ1) is 25.6. The standard InChI is InChI=1S/C25H28N4O2.C2H6/c1-4-7-18(2)16-21(12-15-28-24(30)22-8-5-6-13-26-22)29(3)25(31)20-10-9-19-11-14-27-23(19)17-20;1-2/h4-11,13-14,17,21,27H,1,12,15-16H2,2-3H3,(H,28,30);1-2H3/b18-7+;/t21-;/m1./s1. The van der Waals surface area contributed by atoms with E-state index >= 15 is 0 Å². The fraction of sp³-hybridized carbons (Fsp3) is 0.296. The minimum Gasteiger partial charge on any atom is -0.361 e. The minimum absolute atomic E-state index is 0.0519. The normalized spacial score (nSPS) is 11.8. The third kappa shape index (κ3) is 7.17. The highest BCUT2D eigenvalue weighted by Gasteiger charge is 2.22. The van der Waals surface area contributed by atoms with Crippen LogP contribution >= 0.6 is 0 Å². The highest BCUT2D eigenvalue weighted by Crippen LogP contribution is 2.19. The van der Waals surface area contributed by atoms with Gasteiger partial charge in [0, 0.05) is 43.1 Å². The van der Waals surface area contributed by atoms with E-state index in [2.05, 4.69) is 21.9 Å². The average Bonchev–Trinajstić information content (AvgIpc) is 3.32. The van der Waals surface area contributed by atoms with Crippen molar-refractivity contribution in [3.63, 3.8) is 0 Å². The van der Waals surface area contributed by atoms with E-state index in [-0.39, 0.29) is 17.9 Å². The molecule has 0 spiro atoms. The lowest BCUT2D eigenvalue weighted by atomic mass is 10.0. The van der Waals surface area contributed by atoms with Gasteiger partial charge in [-0.1, -0.05) is 50.3 Å². The number of hydrogen-bond donors (Lipinski definition) is 2. The van der Waals surface area contributed by atoms with Gasteiger partial charge in [0.25, 0.3) is 11.8 Å². The maximum atomic E-state index is 13.2. The largest absolute Gasteiger partial charge is 0.361 e. The van der Waals surface area contributed by atoms with Crippen molar-refractivity contribution in [2.45, 2.75) is 39.7 Å². The Kier molecular flexibility index (Phi) is 10.1. The number of hydrogen-bond acceptors (Lipinski definition) is 3. The summed E-state index contributed by atoms with van der Waals surface area (Å²) in [6, 6.07) is 12.8. The van der Waals surface area contributed by atoms with E-state index < -0.39 is 0 Å². The maximum Gasteiger partial charge on any atom is 0.269 e. The lowest BCUT2D eigenvalue weighted by Gasteiger charge is -2.29. The van der Waals surface area contributed by atoms with Crippen LogP contribution in [0.4, 0.5) is 0 Å². The molecule has 0 unspecified atom stereocenters. The summed E-state index contributed by atoms with van der Waals surface area (Å²) >= 11 is 0. The molecule has 0 saturated carbocycles. The first-order valence-electron chi connectivity index (χ1n) is 11.3. The first-order valence-corrected chi connectivity index (χ1v) is 11.3. The van der Waals surface area contributed by atoms with E-state index in [0.717, 1.165) is 16.5 Å². The Balaban J connectivity index is 0.00000187. The molecule has 3 rings (SSSR count). The van der Waals surface area contributed by atoms with E-state index in [4.69, 9.17) is 0 Å². The fourth-order valence-electron chi connectivity index (χ4n) is 3.56. The molecule has 0 radical (unpaired) electrons. The molecule has 6 nitrogen and oxygen atoms in total. The molecule has 2 N–H and O–H groups in total. The predicted molar refractivity (Wildman–Crippen MR) is 135 cm³/mol. The third-order valence-electron chi connectivity index (χ3n) is 5.29. The van der Waals surface area contributed by atoms with E-state index in [9.17, 15) is 9.59 Å². The summed E-state index contributed by atoms with van der Waals surface area (Å²) in [6.07, 6.45) is 8.46. The Morgan fingerprint density at radius 2 is 2.00 bits per heavy atom. The second-order valence-corrected chi connectivity index (χ2v) is 7.56. The summed E-state index contributed by atoms with van der Waals surface area (Å²) in [5, 5.41) is 3.97. The van der Waals surface area contributed by atoms with Gasteiger partial charge in [0.1, 0.15) is 5.69 Å². The molecule has 6 heteroatoms. The molecule has 0 fully saturated rings. The van der Waals surface area contributed by atoms with Crippen molar-refractivity contribution in [1.29, 1.82) is 0 Å². The number of pyridine rings is 1. The molecule has 1 atom stereocenters. The van der Waals surface area contributed by atoms with Crippen molar-refractivity contribution >= 4 is 22.7 Å². The van der Waals surface area contributed by atoms with Crippen molar-refractivity contribution in [1.82, 2.24) is 20.2 Å². The molecule has 2 heterocycles. The lowest BCUT2D eigenvalue weighted by molar-refractivity contribution is 0.0723. The number of H-pyrrole nitrogens is 1. The van der Waals surface area contributed by atoms with E-state index in [1.165, 1.54) is 0 Å². The fourth-order valence-corrected chi connectivity index (χ4v) is 3.56. The molecule has 0 aliphatic rings. The van der Waals surface area contributed by atoms with Crippen LogP contribution in [-0.4, -0.2) is 46.3 Å². The molecule has 2 amide bonds. The van der Waals surface area contributed by atoms with Gasteiger partial charge in [0.05, 0.1) is 0 Å². The van der Waals surface area contributed by atoms with Crippen molar-refractivity contribution < 1.29 is 9.59 Å². The van der Waals surface area contributed by atoms with Crippen LogP contribution in [0.1, 0.15) is 54.5 Å². The topological polar surface area (TPSA) is 78.1 Å². The Hall–Kier alpha value is -3.67. The number of fused-ring (bicyclic) bond motifs is 1. The second kappa shape index (κ2) is 13.0. The van der Waals surface area contributed by atoms with Crippen LogP contribution in [0.15, 0.2) is 79.2 Å². The molecule has 33 heavy (non-hydrogen) atoms. The van der Waals surface area contributed by atoms with Gasteiger partial charge < -0.3 is 15.2 Å². The zero-order valence-corrected chi connectivity index (χ0v) is 20.0. The van der Waals surface area contributed by atoms with Gasteiger partial charge in [-0.2, -0.15) is 0 Å². The Morgan fingerprint density at radius 3 is 2.70 bits per heavy atom. The number of benzene rings is 1. The second-order valence-electron chi connectivity index (χ2n) is 7.56. The number of allylic oxidation sites excluding steroid dienone is 2. The summed E-state index contributed by atoms with van der Waals surface area (Å²) in [7, 11) is 1.81. The number of nitrogens with zero attached hydrogens (tertiary/aromatic N) is 2. The van der Waals surface area contributed by atoms with Crippen LogP contribution < -0.4 is 5.32 Å². The molecule has 0 aliphatic carbocycles. The number of nitrogens with one attached hydrogen (secondary N) is 2. The van der Waals surface area contributed by atoms with Crippen LogP contribution in [0.25, 0.3) is 10.9 Å². The molecule has 1 aromatic carbocycles. The van der Waals surface area contributed by atoms with Crippen molar-refractivity contribution in [2.75, 3.05) is 13.6 Å². The van der Waals surface area contributed by atoms with Gasteiger partial charge in [-0.15, -0.1) is 0 Å². The molecule has 0 aliphatic heterocycles. The summed E-state index contributed by atoms with van der Waals surface area (Å²) < 4.78 is 0. The van der Waals surface area contributed by atoms with Gasteiger partial charge in [-0.3, -0.25) is 14.6 Å². The quantitative estimate of drug-likeness (QED) is 0.434. The number of carbonyl (C=O) groups excluding carboxylic acids is 2. The summed E-state index contributed by atoms with van der Waals surface area (Å²) in [4.78, 5) is 34.5. The van der Waals surface area contributed by atoms with E-state index in [1.54, 1.807) is 35.4 Å². The number of carbonyl (C=O) groups is 2. The number of aromatic amines is 1. The predicted octanol–water partition coefficient (Wildman–Crippen LogP) is 5.37. The third-order valence-corrected chi connectivity index (χ3v) is 5.29. The van der Waals surface area contributed by atoms with Crippen LogP contribution in [0.3, 0.4) is 0 Å². The molecule has 0 bridgehead atoms. The molecule has 3 aromatic rings. The molecule has 0 saturated heterocycles. The number of rotatable bonds is 9. The van der Waals surface area contributed by atoms with Gasteiger partial charge in [-0.25, -0.2) is 0 Å². The minimum atomic E-state index is -0.219. The average molecular weight is 447 g/mol. The first-order chi connectivity index (χ1) is 16.0. The molecule has 2 aromatic heterocycles. The Labute approximate surface area is 196 Å². The maximum absolute atomic E-state index is 13.2. The van der Waals surface area contributed by atoms with E-state index in [0.29, 0.717) is 30.6 Å². The zero-order chi connectivity index (χ0) is 24.2. The van der Waals surface area contributed by atoms with Gasteiger partial charge in [-0.05, 0) is 55.5 Å². The summed E-state index contributed by atoms with van der Waals surface area (Å²) in [5.41, 5.74) is 3.06. The van der Waals surface area contributed by atoms with Gasteiger partial charge in [0.15, 0.2) is 0 Å². The van der Waals surface area contributed by atoms with Crippen molar-refractivity contribution in [3.05, 3.63) is 90.4 Å². The summed E-state index contributed by atoms with van der Waals surface area (Å²) in [6.45, 7) is 10.2. The number of amides is 2. The van der Waals surface area contributed by atoms with Crippen LogP contribution in [-0.2, 0) is 0 Å². The van der Waals surface area contributed by atoms with Crippen molar-refractivity contribution in [3.8, 4) is 0 Å². The highest BCUT2D eigenvalue weighted by molar-refractivity contribution is 5.98. The Bertz CT molecular complexity index is 1090. The van der Waals surface area contributed by atoms with Crippen LogP contribution in [0, 0.1) is 0 Å². The highest BCUT2D eigenvalue weighted by atomic mass is 16.2. The smallest absolute Gasteiger partial charge is 0.269 e. The molecular weight excluding hydrogens is 412 g/mol. The van der Waals surface area contributed by atoms with Gasteiger partial charge >= 0.3 is 0 Å². The van der Waals surface area contributed by atoms with E-state index in [1.807, 2.05) is 64.4 Å². The van der Waals surface area contributed by atoms with Crippen LogP contribution in [0.5, 0.6) is 0 Å². The molecule has 174 valence electrons. The van der Waals surface area contributed by atoms with Crippen molar-refractivity contribution in [2.24, 2.45) is 0 Å². The van der Waals surface area contributed by atoms with Crippen LogP contribution in [0.2, 0.25) is 0 Å². The lowest BCUT2D eigenvalue weighted by Crippen LogP contribution is -2.40. The number of aromatic nitrogens is 2. The molecular formula is C27H34N4O2. The SMILES string of the molecule is C=C/C=C(\C)C[C@@H](CCNC(=O)c1ccccn1)N(C)C(=O)c1ccc2cc[nH]c2c1.CC. The zero-order valence-electron chi connectivity index (χ0n) is 20.0. The summed E-state index contributed by atoms with van der Waals surface area (Å²) in [5.74, 6) is -0.271. The monoisotopic (exact) mass is 446 g/mol.